The molecule has 3 aromatic carbocycles. The van der Waals surface area contributed by atoms with Crippen molar-refractivity contribution >= 4 is 34.7 Å². The van der Waals surface area contributed by atoms with Crippen LogP contribution in [-0.2, 0) is 16.0 Å². The Bertz CT molecular complexity index is 1210. The largest absolute Gasteiger partial charge is 0.497 e. The first-order chi connectivity index (χ1) is 16.0. The van der Waals surface area contributed by atoms with Crippen LogP contribution in [0.5, 0.6) is 11.5 Å². The standard InChI is InChI=1S/C26H23ClN2O4/c1-32-20-11-8-17(9-12-20)14-15-29-25(30)23(18-6-4-3-5-7-18)24(26(29)31)28-21-16-19(27)10-13-22(21)33-2/h3-13,16,28H,14-15H2,1-2H3. The number of carbonyl (C=O) groups is 2. The smallest absolute Gasteiger partial charge is 0.278 e. The molecule has 7 heteroatoms. The zero-order valence-electron chi connectivity index (χ0n) is 18.3. The van der Waals surface area contributed by atoms with Crippen molar-refractivity contribution in [1.82, 2.24) is 4.90 Å². The molecule has 3 aromatic rings. The third-order valence-electron chi connectivity index (χ3n) is 5.43. The lowest BCUT2D eigenvalue weighted by atomic mass is 10.0. The predicted octanol–water partition coefficient (Wildman–Crippen LogP) is 4.79. The number of imide groups is 1. The minimum Gasteiger partial charge on any atom is -0.497 e. The molecule has 33 heavy (non-hydrogen) atoms. The quantitative estimate of drug-likeness (QED) is 0.487. The van der Waals surface area contributed by atoms with Gasteiger partial charge in [-0.2, -0.15) is 0 Å². The minimum absolute atomic E-state index is 0.196. The van der Waals surface area contributed by atoms with E-state index in [0.717, 1.165) is 11.3 Å². The summed E-state index contributed by atoms with van der Waals surface area (Å²) in [6, 6.07) is 21.8. The summed E-state index contributed by atoms with van der Waals surface area (Å²) in [5.41, 5.74) is 2.67. The molecule has 168 valence electrons. The third kappa shape index (κ3) is 4.71. The van der Waals surface area contributed by atoms with Gasteiger partial charge in [-0.15, -0.1) is 0 Å². The summed E-state index contributed by atoms with van der Waals surface area (Å²) < 4.78 is 10.6. The van der Waals surface area contributed by atoms with E-state index >= 15 is 0 Å². The topological polar surface area (TPSA) is 67.9 Å². The van der Waals surface area contributed by atoms with Gasteiger partial charge in [0.1, 0.15) is 17.2 Å². The van der Waals surface area contributed by atoms with E-state index in [1.807, 2.05) is 54.6 Å². The first-order valence-electron chi connectivity index (χ1n) is 10.4. The number of rotatable bonds is 8. The van der Waals surface area contributed by atoms with Gasteiger partial charge in [-0.05, 0) is 47.9 Å². The summed E-state index contributed by atoms with van der Waals surface area (Å²) in [4.78, 5) is 28.1. The Morgan fingerprint density at radius 1 is 0.879 bits per heavy atom. The molecule has 0 unspecified atom stereocenters. The average Bonchev–Trinajstić information content (AvgIpc) is 3.07. The number of carbonyl (C=O) groups excluding carboxylic acids is 2. The molecule has 1 heterocycles. The number of hydrogen-bond donors (Lipinski definition) is 1. The van der Waals surface area contributed by atoms with Crippen molar-refractivity contribution in [2.24, 2.45) is 0 Å². The number of amides is 2. The molecule has 0 atom stereocenters. The van der Waals surface area contributed by atoms with Crippen molar-refractivity contribution in [3.05, 3.63) is 94.6 Å². The van der Waals surface area contributed by atoms with Crippen molar-refractivity contribution in [3.63, 3.8) is 0 Å². The Morgan fingerprint density at radius 2 is 1.61 bits per heavy atom. The number of benzene rings is 3. The number of halogens is 1. The lowest BCUT2D eigenvalue weighted by molar-refractivity contribution is -0.136. The summed E-state index contributed by atoms with van der Waals surface area (Å²) in [6.45, 7) is 0.248. The number of hydrogen-bond acceptors (Lipinski definition) is 5. The highest BCUT2D eigenvalue weighted by Gasteiger charge is 2.39. The fourth-order valence-corrected chi connectivity index (χ4v) is 3.89. The van der Waals surface area contributed by atoms with Crippen molar-refractivity contribution in [1.29, 1.82) is 0 Å². The van der Waals surface area contributed by atoms with Crippen LogP contribution >= 0.6 is 11.6 Å². The van der Waals surface area contributed by atoms with E-state index in [-0.39, 0.29) is 18.1 Å². The van der Waals surface area contributed by atoms with Crippen LogP contribution in [0.3, 0.4) is 0 Å². The average molecular weight is 463 g/mol. The molecule has 0 aromatic heterocycles. The Balaban J connectivity index is 1.65. The second-order valence-electron chi connectivity index (χ2n) is 7.45. The number of nitrogens with zero attached hydrogens (tertiary/aromatic N) is 1. The van der Waals surface area contributed by atoms with Crippen LogP contribution in [0.15, 0.2) is 78.5 Å². The van der Waals surface area contributed by atoms with E-state index < -0.39 is 5.91 Å². The van der Waals surface area contributed by atoms with E-state index in [9.17, 15) is 9.59 Å². The molecule has 1 N–H and O–H groups in total. The highest BCUT2D eigenvalue weighted by atomic mass is 35.5. The molecule has 0 bridgehead atoms. The van der Waals surface area contributed by atoms with Gasteiger partial charge in [-0.1, -0.05) is 54.1 Å². The van der Waals surface area contributed by atoms with Gasteiger partial charge in [0.15, 0.2) is 0 Å². The highest BCUT2D eigenvalue weighted by Crippen LogP contribution is 2.34. The summed E-state index contributed by atoms with van der Waals surface area (Å²) in [5.74, 6) is 0.524. The normalized spacial score (nSPS) is 13.5. The lowest BCUT2D eigenvalue weighted by Crippen LogP contribution is -2.34. The highest BCUT2D eigenvalue weighted by molar-refractivity contribution is 6.36. The zero-order valence-corrected chi connectivity index (χ0v) is 19.1. The van der Waals surface area contributed by atoms with Crippen molar-refractivity contribution in [3.8, 4) is 11.5 Å². The van der Waals surface area contributed by atoms with Gasteiger partial charge in [0.05, 0.1) is 25.5 Å². The Morgan fingerprint density at radius 3 is 2.27 bits per heavy atom. The summed E-state index contributed by atoms with van der Waals surface area (Å²) in [6.07, 6.45) is 0.525. The van der Waals surface area contributed by atoms with Crippen LogP contribution in [0.2, 0.25) is 5.02 Å². The number of nitrogens with one attached hydrogen (secondary N) is 1. The van der Waals surface area contributed by atoms with Crippen molar-refractivity contribution < 1.29 is 19.1 Å². The number of ether oxygens (including phenoxy) is 2. The summed E-state index contributed by atoms with van der Waals surface area (Å²) in [7, 11) is 3.14. The Labute approximate surface area is 197 Å². The molecule has 4 rings (SSSR count). The third-order valence-corrected chi connectivity index (χ3v) is 5.67. The fraction of sp³-hybridized carbons (Fsp3) is 0.154. The van der Waals surface area contributed by atoms with Gasteiger partial charge in [-0.3, -0.25) is 14.5 Å². The van der Waals surface area contributed by atoms with Gasteiger partial charge in [0, 0.05) is 11.6 Å². The van der Waals surface area contributed by atoms with Crippen LogP contribution in [0.1, 0.15) is 11.1 Å². The molecule has 0 aliphatic carbocycles. The molecule has 1 aliphatic heterocycles. The van der Waals surface area contributed by atoms with E-state index in [2.05, 4.69) is 5.32 Å². The second kappa shape index (κ2) is 9.79. The van der Waals surface area contributed by atoms with Gasteiger partial charge in [0.2, 0.25) is 0 Å². The molecule has 0 spiro atoms. The maximum Gasteiger partial charge on any atom is 0.278 e. The molecule has 1 aliphatic rings. The molecular formula is C26H23ClN2O4. The number of methoxy groups -OCH3 is 2. The minimum atomic E-state index is -0.394. The summed E-state index contributed by atoms with van der Waals surface area (Å²) in [5, 5.41) is 3.59. The Kier molecular flexibility index (Phi) is 6.66. The predicted molar refractivity (Wildman–Crippen MR) is 128 cm³/mol. The zero-order chi connectivity index (χ0) is 23.4. The molecule has 6 nitrogen and oxygen atoms in total. The van der Waals surface area contributed by atoms with Gasteiger partial charge in [-0.25, -0.2) is 0 Å². The van der Waals surface area contributed by atoms with Gasteiger partial charge in [0.25, 0.3) is 11.8 Å². The molecule has 0 radical (unpaired) electrons. The van der Waals surface area contributed by atoms with Crippen LogP contribution in [0.25, 0.3) is 5.57 Å². The van der Waals surface area contributed by atoms with Crippen LogP contribution in [-0.4, -0.2) is 37.5 Å². The second-order valence-corrected chi connectivity index (χ2v) is 7.88. The van der Waals surface area contributed by atoms with Crippen LogP contribution in [0, 0.1) is 0 Å². The molecule has 2 amide bonds. The van der Waals surface area contributed by atoms with E-state index in [4.69, 9.17) is 21.1 Å². The van der Waals surface area contributed by atoms with Gasteiger partial charge < -0.3 is 14.8 Å². The molecule has 0 saturated heterocycles. The SMILES string of the molecule is COc1ccc(CCN2C(=O)C(Nc3cc(Cl)ccc3OC)=C(c3ccccc3)C2=O)cc1. The Hall–Kier alpha value is -3.77. The lowest BCUT2D eigenvalue weighted by Gasteiger charge is -2.16. The maximum atomic E-state index is 13.4. The summed E-state index contributed by atoms with van der Waals surface area (Å²) >= 11 is 6.16. The van der Waals surface area contributed by atoms with E-state index in [1.165, 1.54) is 12.0 Å². The first kappa shape index (κ1) is 22.4. The fourth-order valence-electron chi connectivity index (χ4n) is 3.71. The van der Waals surface area contributed by atoms with Crippen LogP contribution in [0.4, 0.5) is 5.69 Å². The van der Waals surface area contributed by atoms with Crippen molar-refractivity contribution in [2.45, 2.75) is 6.42 Å². The van der Waals surface area contributed by atoms with E-state index in [0.29, 0.717) is 34.0 Å². The monoisotopic (exact) mass is 462 g/mol. The molecule has 0 saturated carbocycles. The van der Waals surface area contributed by atoms with Crippen LogP contribution < -0.4 is 14.8 Å². The number of anilines is 1. The molecule has 0 fully saturated rings. The first-order valence-corrected chi connectivity index (χ1v) is 10.8. The van der Waals surface area contributed by atoms with Crippen molar-refractivity contribution in [2.75, 3.05) is 26.1 Å². The molecular weight excluding hydrogens is 440 g/mol. The van der Waals surface area contributed by atoms with Gasteiger partial charge >= 0.3 is 0 Å². The van der Waals surface area contributed by atoms with E-state index in [1.54, 1.807) is 25.3 Å². The maximum absolute atomic E-state index is 13.4.